The maximum Gasteiger partial charge on any atom is 0.0415 e. The van der Waals surface area contributed by atoms with E-state index in [9.17, 15) is 0 Å². The first-order valence-corrected chi connectivity index (χ1v) is 6.28. The largest absolute Gasteiger partial charge is 0.371 e. The Hall–Kier alpha value is -0.540. The Kier molecular flexibility index (Phi) is 3.32. The molecule has 1 aliphatic rings. The molecule has 1 aromatic rings. The van der Waals surface area contributed by atoms with Crippen molar-refractivity contribution in [1.29, 1.82) is 0 Å². The Balaban J connectivity index is 2.36. The standard InChI is InChI=1S/C12H17BrN2/c1-9(14)11-8-10(13)4-5-12(11)15-6-2-3-7-15/h4-5,8-9H,2-3,6-7,14H2,1H3. The predicted octanol–water partition coefficient (Wildman–Crippen LogP) is 3.07. The van der Waals surface area contributed by atoms with E-state index in [4.69, 9.17) is 5.73 Å². The third-order valence-electron chi connectivity index (χ3n) is 2.93. The molecule has 0 aliphatic carbocycles. The molecule has 0 amide bonds. The summed E-state index contributed by atoms with van der Waals surface area (Å²) >= 11 is 3.50. The molecule has 0 radical (unpaired) electrons. The highest BCUT2D eigenvalue weighted by atomic mass is 79.9. The number of benzene rings is 1. The van der Waals surface area contributed by atoms with Gasteiger partial charge in [-0.3, -0.25) is 0 Å². The van der Waals surface area contributed by atoms with Gasteiger partial charge in [0.1, 0.15) is 0 Å². The van der Waals surface area contributed by atoms with Crippen molar-refractivity contribution in [3.8, 4) is 0 Å². The van der Waals surface area contributed by atoms with E-state index in [-0.39, 0.29) is 6.04 Å². The van der Waals surface area contributed by atoms with Gasteiger partial charge < -0.3 is 10.6 Å². The fourth-order valence-electron chi connectivity index (χ4n) is 2.14. The number of nitrogens with two attached hydrogens (primary N) is 1. The molecule has 1 heterocycles. The minimum absolute atomic E-state index is 0.0955. The smallest absolute Gasteiger partial charge is 0.0415 e. The predicted molar refractivity (Wildman–Crippen MR) is 68.2 cm³/mol. The van der Waals surface area contributed by atoms with Crippen molar-refractivity contribution in [3.05, 3.63) is 28.2 Å². The Bertz CT molecular complexity index is 343. The van der Waals surface area contributed by atoms with Gasteiger partial charge in [-0.2, -0.15) is 0 Å². The van der Waals surface area contributed by atoms with Gasteiger partial charge in [0.25, 0.3) is 0 Å². The molecule has 0 bridgehead atoms. The number of nitrogens with zero attached hydrogens (tertiary/aromatic N) is 1. The molecular formula is C12H17BrN2. The van der Waals surface area contributed by atoms with Crippen molar-refractivity contribution in [1.82, 2.24) is 0 Å². The number of hydrogen-bond acceptors (Lipinski definition) is 2. The topological polar surface area (TPSA) is 29.3 Å². The van der Waals surface area contributed by atoms with Gasteiger partial charge in [0.2, 0.25) is 0 Å². The third kappa shape index (κ3) is 2.34. The van der Waals surface area contributed by atoms with Gasteiger partial charge in [0.05, 0.1) is 0 Å². The van der Waals surface area contributed by atoms with E-state index < -0.39 is 0 Å². The number of halogens is 1. The summed E-state index contributed by atoms with van der Waals surface area (Å²) in [6.45, 7) is 4.38. The highest BCUT2D eigenvalue weighted by molar-refractivity contribution is 9.10. The van der Waals surface area contributed by atoms with Gasteiger partial charge in [0.15, 0.2) is 0 Å². The van der Waals surface area contributed by atoms with Crippen molar-refractivity contribution >= 4 is 21.6 Å². The van der Waals surface area contributed by atoms with Crippen molar-refractivity contribution in [2.24, 2.45) is 5.73 Å². The quantitative estimate of drug-likeness (QED) is 0.894. The molecule has 82 valence electrons. The molecular weight excluding hydrogens is 252 g/mol. The van der Waals surface area contributed by atoms with E-state index in [0.717, 1.165) is 4.47 Å². The molecule has 0 spiro atoms. The number of hydrogen-bond donors (Lipinski definition) is 1. The molecule has 0 aromatic heterocycles. The Morgan fingerprint density at radius 2 is 2.00 bits per heavy atom. The lowest BCUT2D eigenvalue weighted by Gasteiger charge is -2.23. The fraction of sp³-hybridized carbons (Fsp3) is 0.500. The third-order valence-corrected chi connectivity index (χ3v) is 3.42. The minimum Gasteiger partial charge on any atom is -0.371 e. The molecule has 1 unspecified atom stereocenters. The van der Waals surface area contributed by atoms with Crippen LogP contribution in [0.25, 0.3) is 0 Å². The first-order valence-electron chi connectivity index (χ1n) is 5.48. The van der Waals surface area contributed by atoms with Crippen molar-refractivity contribution in [2.75, 3.05) is 18.0 Å². The zero-order valence-electron chi connectivity index (χ0n) is 9.04. The summed E-state index contributed by atoms with van der Waals surface area (Å²) in [5.74, 6) is 0. The van der Waals surface area contributed by atoms with Crippen LogP contribution in [-0.4, -0.2) is 13.1 Å². The molecule has 15 heavy (non-hydrogen) atoms. The lowest BCUT2D eigenvalue weighted by atomic mass is 10.1. The summed E-state index contributed by atoms with van der Waals surface area (Å²) < 4.78 is 1.11. The minimum atomic E-state index is 0.0955. The van der Waals surface area contributed by atoms with E-state index in [1.807, 2.05) is 6.92 Å². The van der Waals surface area contributed by atoms with E-state index >= 15 is 0 Å². The monoisotopic (exact) mass is 268 g/mol. The Morgan fingerprint density at radius 3 is 2.60 bits per heavy atom. The van der Waals surface area contributed by atoms with Crippen LogP contribution in [0.5, 0.6) is 0 Å². The van der Waals surface area contributed by atoms with Gasteiger partial charge in [-0.25, -0.2) is 0 Å². The van der Waals surface area contributed by atoms with Crippen LogP contribution in [-0.2, 0) is 0 Å². The van der Waals surface area contributed by atoms with E-state index in [1.54, 1.807) is 0 Å². The lowest BCUT2D eigenvalue weighted by molar-refractivity contribution is 0.804. The number of anilines is 1. The van der Waals surface area contributed by atoms with Crippen LogP contribution in [0.1, 0.15) is 31.4 Å². The molecule has 0 saturated carbocycles. The summed E-state index contributed by atoms with van der Waals surface area (Å²) in [5, 5.41) is 0. The second kappa shape index (κ2) is 4.54. The van der Waals surface area contributed by atoms with Gasteiger partial charge in [-0.05, 0) is 43.5 Å². The molecule has 2 nitrogen and oxygen atoms in total. The van der Waals surface area contributed by atoms with Gasteiger partial charge in [0, 0.05) is 29.3 Å². The molecule has 1 saturated heterocycles. The summed E-state index contributed by atoms with van der Waals surface area (Å²) in [4.78, 5) is 2.44. The highest BCUT2D eigenvalue weighted by Gasteiger charge is 2.17. The second-order valence-electron chi connectivity index (χ2n) is 4.19. The highest BCUT2D eigenvalue weighted by Crippen LogP contribution is 2.30. The van der Waals surface area contributed by atoms with Crippen LogP contribution in [0.2, 0.25) is 0 Å². The Morgan fingerprint density at radius 1 is 1.33 bits per heavy atom. The second-order valence-corrected chi connectivity index (χ2v) is 5.10. The average Bonchev–Trinajstić information content (AvgIpc) is 2.70. The lowest BCUT2D eigenvalue weighted by Crippen LogP contribution is -2.21. The van der Waals surface area contributed by atoms with Crippen LogP contribution in [0, 0.1) is 0 Å². The summed E-state index contributed by atoms with van der Waals surface area (Å²) in [5.41, 5.74) is 8.56. The van der Waals surface area contributed by atoms with Crippen molar-refractivity contribution in [2.45, 2.75) is 25.8 Å². The van der Waals surface area contributed by atoms with E-state index in [0.29, 0.717) is 0 Å². The maximum absolute atomic E-state index is 6.00. The Labute approximate surface area is 99.6 Å². The molecule has 1 aromatic carbocycles. The maximum atomic E-state index is 6.00. The van der Waals surface area contributed by atoms with E-state index in [2.05, 4.69) is 39.0 Å². The van der Waals surface area contributed by atoms with Crippen LogP contribution in [0.4, 0.5) is 5.69 Å². The zero-order valence-corrected chi connectivity index (χ0v) is 10.6. The molecule has 3 heteroatoms. The SMILES string of the molecule is CC(N)c1cc(Br)ccc1N1CCCC1. The van der Waals surface area contributed by atoms with E-state index in [1.165, 1.54) is 37.2 Å². The van der Waals surface area contributed by atoms with Crippen LogP contribution in [0.15, 0.2) is 22.7 Å². The first kappa shape index (κ1) is 11.0. The van der Waals surface area contributed by atoms with Crippen LogP contribution < -0.4 is 10.6 Å². The molecule has 1 aliphatic heterocycles. The average molecular weight is 269 g/mol. The van der Waals surface area contributed by atoms with Gasteiger partial charge >= 0.3 is 0 Å². The summed E-state index contributed by atoms with van der Waals surface area (Å²) in [7, 11) is 0. The van der Waals surface area contributed by atoms with Crippen LogP contribution >= 0.6 is 15.9 Å². The first-order chi connectivity index (χ1) is 7.18. The molecule has 1 fully saturated rings. The summed E-state index contributed by atoms with van der Waals surface area (Å²) in [6.07, 6.45) is 2.60. The molecule has 2 rings (SSSR count). The number of rotatable bonds is 2. The normalized spacial score (nSPS) is 18.2. The fourth-order valence-corrected chi connectivity index (χ4v) is 2.51. The van der Waals surface area contributed by atoms with Crippen molar-refractivity contribution in [3.63, 3.8) is 0 Å². The summed E-state index contributed by atoms with van der Waals surface area (Å²) in [6, 6.07) is 6.50. The van der Waals surface area contributed by atoms with Gasteiger partial charge in [-0.1, -0.05) is 15.9 Å². The molecule has 1 atom stereocenters. The zero-order chi connectivity index (χ0) is 10.8. The van der Waals surface area contributed by atoms with Gasteiger partial charge in [-0.15, -0.1) is 0 Å². The van der Waals surface area contributed by atoms with Crippen molar-refractivity contribution < 1.29 is 0 Å². The van der Waals surface area contributed by atoms with Crippen LogP contribution in [0.3, 0.4) is 0 Å². The molecule has 2 N–H and O–H groups in total.